The molecule has 1 aromatic heterocycles. The molecule has 2 N–H and O–H groups in total. The second-order valence-electron chi connectivity index (χ2n) is 4.91. The van der Waals surface area contributed by atoms with Crippen LogP contribution >= 0.6 is 23.2 Å². The fourth-order valence-electron chi connectivity index (χ4n) is 1.92. The fraction of sp³-hybridized carbons (Fsp3) is 0.0625. The van der Waals surface area contributed by atoms with Gasteiger partial charge < -0.3 is 10.6 Å². The maximum absolute atomic E-state index is 6.12. The van der Waals surface area contributed by atoms with E-state index in [1.807, 2.05) is 31.2 Å². The third-order valence-electron chi connectivity index (χ3n) is 3.06. The standard InChI is InChI=1S/C16H13Cl2N5/c1-10-2-5-12(6-3-10)20-15-9-19-23-16(22-15)21-14-8-11(17)4-7-13(14)18/h2-9H,1H3,(H2,20,21,22,23). The summed E-state index contributed by atoms with van der Waals surface area (Å²) < 4.78 is 0. The maximum atomic E-state index is 6.12. The Morgan fingerprint density at radius 1 is 0.957 bits per heavy atom. The van der Waals surface area contributed by atoms with Crippen molar-refractivity contribution in [3.8, 4) is 0 Å². The zero-order valence-electron chi connectivity index (χ0n) is 12.2. The molecule has 23 heavy (non-hydrogen) atoms. The molecule has 0 amide bonds. The zero-order valence-corrected chi connectivity index (χ0v) is 13.7. The SMILES string of the molecule is Cc1ccc(Nc2cnnc(Nc3cc(Cl)ccc3Cl)n2)cc1. The molecule has 0 aliphatic carbocycles. The van der Waals surface area contributed by atoms with Crippen molar-refractivity contribution >= 4 is 46.3 Å². The monoisotopic (exact) mass is 345 g/mol. The third-order valence-corrected chi connectivity index (χ3v) is 3.62. The first kappa shape index (κ1) is 15.5. The molecule has 0 unspecified atom stereocenters. The van der Waals surface area contributed by atoms with Crippen LogP contribution in [0.3, 0.4) is 0 Å². The van der Waals surface area contributed by atoms with Crippen LogP contribution < -0.4 is 10.6 Å². The Balaban J connectivity index is 1.79. The molecule has 1 heterocycles. The van der Waals surface area contributed by atoms with Gasteiger partial charge in [0.05, 0.1) is 16.9 Å². The predicted octanol–water partition coefficient (Wildman–Crippen LogP) is 4.97. The number of nitrogens with zero attached hydrogens (tertiary/aromatic N) is 3. The second kappa shape index (κ2) is 6.81. The maximum Gasteiger partial charge on any atom is 0.249 e. The smallest absolute Gasteiger partial charge is 0.249 e. The van der Waals surface area contributed by atoms with E-state index in [2.05, 4.69) is 25.8 Å². The first-order chi connectivity index (χ1) is 11.1. The van der Waals surface area contributed by atoms with Crippen molar-refractivity contribution in [3.63, 3.8) is 0 Å². The Labute approximate surface area is 143 Å². The molecule has 0 saturated heterocycles. The minimum absolute atomic E-state index is 0.325. The van der Waals surface area contributed by atoms with Gasteiger partial charge in [-0.3, -0.25) is 0 Å². The Hall–Kier alpha value is -2.37. The zero-order chi connectivity index (χ0) is 16.2. The molecular weight excluding hydrogens is 333 g/mol. The third kappa shape index (κ3) is 4.09. The predicted molar refractivity (Wildman–Crippen MR) is 94.0 cm³/mol. The summed E-state index contributed by atoms with van der Waals surface area (Å²) in [5.41, 5.74) is 2.73. The number of benzene rings is 2. The van der Waals surface area contributed by atoms with Crippen LogP contribution in [-0.2, 0) is 0 Å². The van der Waals surface area contributed by atoms with Gasteiger partial charge >= 0.3 is 0 Å². The van der Waals surface area contributed by atoms with Crippen LogP contribution in [0.4, 0.5) is 23.1 Å². The lowest BCUT2D eigenvalue weighted by molar-refractivity contribution is 0.982. The molecule has 0 saturated carbocycles. The Morgan fingerprint density at radius 2 is 1.74 bits per heavy atom. The van der Waals surface area contributed by atoms with E-state index in [1.165, 1.54) is 5.56 Å². The highest BCUT2D eigenvalue weighted by Crippen LogP contribution is 2.27. The summed E-state index contributed by atoms with van der Waals surface area (Å²) in [7, 11) is 0. The summed E-state index contributed by atoms with van der Waals surface area (Å²) >= 11 is 12.1. The van der Waals surface area contributed by atoms with Gasteiger partial charge in [-0.25, -0.2) is 0 Å². The average Bonchev–Trinajstić information content (AvgIpc) is 2.54. The van der Waals surface area contributed by atoms with Gasteiger partial charge in [0.15, 0.2) is 5.82 Å². The van der Waals surface area contributed by atoms with E-state index in [-0.39, 0.29) is 0 Å². The van der Waals surface area contributed by atoms with Crippen molar-refractivity contribution in [1.29, 1.82) is 0 Å². The molecule has 0 atom stereocenters. The normalized spacial score (nSPS) is 10.4. The number of nitrogens with one attached hydrogen (secondary N) is 2. The molecule has 7 heteroatoms. The first-order valence-electron chi connectivity index (χ1n) is 6.86. The first-order valence-corrected chi connectivity index (χ1v) is 7.61. The van der Waals surface area contributed by atoms with Crippen LogP contribution in [0.1, 0.15) is 5.56 Å². The highest BCUT2D eigenvalue weighted by atomic mass is 35.5. The molecule has 0 aliphatic heterocycles. The van der Waals surface area contributed by atoms with Crippen LogP contribution in [-0.4, -0.2) is 15.2 Å². The van der Waals surface area contributed by atoms with Gasteiger partial charge in [0.1, 0.15) is 0 Å². The number of hydrogen-bond donors (Lipinski definition) is 2. The molecule has 2 aromatic carbocycles. The number of aryl methyl sites for hydroxylation is 1. The van der Waals surface area contributed by atoms with Gasteiger partial charge in [-0.2, -0.15) is 10.1 Å². The summed E-state index contributed by atoms with van der Waals surface area (Å²) in [5, 5.41) is 15.1. The minimum atomic E-state index is 0.325. The quantitative estimate of drug-likeness (QED) is 0.698. The topological polar surface area (TPSA) is 62.7 Å². The highest BCUT2D eigenvalue weighted by molar-refractivity contribution is 6.35. The van der Waals surface area contributed by atoms with Crippen LogP contribution in [0.2, 0.25) is 10.0 Å². The van der Waals surface area contributed by atoms with Gasteiger partial charge in [-0.1, -0.05) is 40.9 Å². The summed E-state index contributed by atoms with van der Waals surface area (Å²) in [6.45, 7) is 2.03. The van der Waals surface area contributed by atoms with E-state index in [4.69, 9.17) is 23.2 Å². The molecule has 0 bridgehead atoms. The molecule has 0 aliphatic rings. The van der Waals surface area contributed by atoms with Crippen LogP contribution in [0.15, 0.2) is 48.7 Å². The molecule has 3 aromatic rings. The van der Waals surface area contributed by atoms with Gasteiger partial charge in [-0.05, 0) is 37.3 Å². The molecule has 0 fully saturated rings. The van der Waals surface area contributed by atoms with Gasteiger partial charge in [-0.15, -0.1) is 5.10 Å². The summed E-state index contributed by atoms with van der Waals surface area (Å²) in [6, 6.07) is 13.1. The van der Waals surface area contributed by atoms with Crippen molar-refractivity contribution in [2.45, 2.75) is 6.92 Å². The Bertz CT molecular complexity index is 821. The Morgan fingerprint density at radius 3 is 2.52 bits per heavy atom. The van der Waals surface area contributed by atoms with E-state index < -0.39 is 0 Å². The summed E-state index contributed by atoms with van der Waals surface area (Å²) in [4.78, 5) is 4.36. The lowest BCUT2D eigenvalue weighted by Crippen LogP contribution is -2.02. The van der Waals surface area contributed by atoms with Crippen molar-refractivity contribution < 1.29 is 0 Å². The summed E-state index contributed by atoms with van der Waals surface area (Å²) in [5.74, 6) is 0.899. The van der Waals surface area contributed by atoms with E-state index in [9.17, 15) is 0 Å². The lowest BCUT2D eigenvalue weighted by Gasteiger charge is -2.09. The number of hydrogen-bond acceptors (Lipinski definition) is 5. The van der Waals surface area contributed by atoms with E-state index in [0.717, 1.165) is 5.69 Å². The van der Waals surface area contributed by atoms with Gasteiger partial charge in [0.25, 0.3) is 0 Å². The van der Waals surface area contributed by atoms with Gasteiger partial charge in [0.2, 0.25) is 5.95 Å². The second-order valence-corrected chi connectivity index (χ2v) is 5.75. The van der Waals surface area contributed by atoms with E-state index in [0.29, 0.717) is 27.5 Å². The molecule has 116 valence electrons. The number of rotatable bonds is 4. The number of anilines is 4. The molecule has 0 radical (unpaired) electrons. The largest absolute Gasteiger partial charge is 0.339 e. The van der Waals surface area contributed by atoms with Crippen LogP contribution in [0, 0.1) is 6.92 Å². The Kier molecular flexibility index (Phi) is 4.60. The van der Waals surface area contributed by atoms with Crippen molar-refractivity contribution in [2.75, 3.05) is 10.6 Å². The van der Waals surface area contributed by atoms with E-state index >= 15 is 0 Å². The number of halogens is 2. The average molecular weight is 346 g/mol. The molecule has 5 nitrogen and oxygen atoms in total. The number of aromatic nitrogens is 3. The minimum Gasteiger partial charge on any atom is -0.339 e. The van der Waals surface area contributed by atoms with Crippen LogP contribution in [0.5, 0.6) is 0 Å². The van der Waals surface area contributed by atoms with Crippen molar-refractivity contribution in [3.05, 3.63) is 64.3 Å². The highest BCUT2D eigenvalue weighted by Gasteiger charge is 2.06. The molecule has 0 spiro atoms. The van der Waals surface area contributed by atoms with E-state index in [1.54, 1.807) is 24.4 Å². The van der Waals surface area contributed by atoms with Crippen LogP contribution in [0.25, 0.3) is 0 Å². The summed E-state index contributed by atoms with van der Waals surface area (Å²) in [6.07, 6.45) is 1.55. The van der Waals surface area contributed by atoms with Crippen molar-refractivity contribution in [1.82, 2.24) is 15.2 Å². The van der Waals surface area contributed by atoms with Gasteiger partial charge in [0, 0.05) is 10.7 Å². The lowest BCUT2D eigenvalue weighted by atomic mass is 10.2. The molecule has 3 rings (SSSR count). The van der Waals surface area contributed by atoms with Crippen molar-refractivity contribution in [2.24, 2.45) is 0 Å². The molecular formula is C16H13Cl2N5. The fourth-order valence-corrected chi connectivity index (χ4v) is 2.25.